The van der Waals surface area contributed by atoms with Gasteiger partial charge in [-0.1, -0.05) is 0 Å². The zero-order valence-corrected chi connectivity index (χ0v) is 12.0. The molecule has 3 N–H and O–H groups in total. The number of carbonyl (C=O) groups excluding carboxylic acids is 1. The summed E-state index contributed by atoms with van der Waals surface area (Å²) < 4.78 is 4.98. The number of amides is 1. The Morgan fingerprint density at radius 2 is 2.30 bits per heavy atom. The minimum Gasteiger partial charge on any atom is -0.504 e. The van der Waals surface area contributed by atoms with E-state index in [-0.39, 0.29) is 17.7 Å². The van der Waals surface area contributed by atoms with Crippen molar-refractivity contribution in [3.8, 4) is 11.5 Å². The van der Waals surface area contributed by atoms with Crippen LogP contribution in [0.4, 0.5) is 0 Å². The summed E-state index contributed by atoms with van der Waals surface area (Å²) in [5.41, 5.74) is 6.42. The third-order valence-electron chi connectivity index (χ3n) is 3.91. The zero-order chi connectivity index (χ0) is 14.7. The third-order valence-corrected chi connectivity index (χ3v) is 3.91. The quantitative estimate of drug-likeness (QED) is 0.880. The van der Waals surface area contributed by atoms with Crippen LogP contribution >= 0.6 is 0 Å². The van der Waals surface area contributed by atoms with E-state index in [9.17, 15) is 9.90 Å². The van der Waals surface area contributed by atoms with E-state index in [1.54, 1.807) is 12.1 Å². The van der Waals surface area contributed by atoms with Crippen molar-refractivity contribution in [2.45, 2.75) is 25.8 Å². The van der Waals surface area contributed by atoms with Crippen LogP contribution in [0.1, 0.15) is 30.1 Å². The monoisotopic (exact) mass is 278 g/mol. The van der Waals surface area contributed by atoms with Crippen LogP contribution in [0.25, 0.3) is 0 Å². The number of hydrogen-bond donors (Lipinski definition) is 2. The highest BCUT2D eigenvalue weighted by Crippen LogP contribution is 2.28. The second kappa shape index (κ2) is 6.13. The summed E-state index contributed by atoms with van der Waals surface area (Å²) in [6.07, 6.45) is 2.04. The number of methoxy groups -OCH3 is 1. The molecule has 1 amide bonds. The van der Waals surface area contributed by atoms with Crippen molar-refractivity contribution < 1.29 is 14.6 Å². The van der Waals surface area contributed by atoms with Crippen LogP contribution in [0, 0.1) is 5.92 Å². The van der Waals surface area contributed by atoms with E-state index >= 15 is 0 Å². The molecule has 0 bridgehead atoms. The summed E-state index contributed by atoms with van der Waals surface area (Å²) in [5.74, 6) is 0.639. The molecule has 0 aromatic heterocycles. The van der Waals surface area contributed by atoms with Crippen LogP contribution in [0.3, 0.4) is 0 Å². The number of piperidine rings is 1. The molecule has 1 aromatic rings. The molecule has 2 rings (SSSR count). The van der Waals surface area contributed by atoms with Gasteiger partial charge in [0.25, 0.3) is 5.91 Å². The van der Waals surface area contributed by atoms with Crippen molar-refractivity contribution in [1.29, 1.82) is 0 Å². The predicted molar refractivity (Wildman–Crippen MR) is 76.9 cm³/mol. The Morgan fingerprint density at radius 3 is 2.90 bits per heavy atom. The first-order valence-corrected chi connectivity index (χ1v) is 6.94. The molecule has 1 aliphatic heterocycles. The molecule has 110 valence electrons. The molecular weight excluding hydrogens is 256 g/mol. The van der Waals surface area contributed by atoms with Gasteiger partial charge in [-0.3, -0.25) is 4.79 Å². The molecule has 0 spiro atoms. The first kappa shape index (κ1) is 14.7. The zero-order valence-electron chi connectivity index (χ0n) is 12.0. The SMILES string of the molecule is COc1ccc(C(=O)N2CCCC(C(C)N)C2)cc1O. The number of benzene rings is 1. The topological polar surface area (TPSA) is 75.8 Å². The van der Waals surface area contributed by atoms with Crippen molar-refractivity contribution in [2.24, 2.45) is 11.7 Å². The van der Waals surface area contributed by atoms with Gasteiger partial charge in [-0.25, -0.2) is 0 Å². The average Bonchev–Trinajstić information content (AvgIpc) is 2.46. The molecule has 1 aromatic carbocycles. The lowest BCUT2D eigenvalue weighted by molar-refractivity contribution is 0.0660. The number of aromatic hydroxyl groups is 1. The van der Waals surface area contributed by atoms with Crippen LogP contribution in [0.15, 0.2) is 18.2 Å². The van der Waals surface area contributed by atoms with Crippen LogP contribution in [0.2, 0.25) is 0 Å². The highest BCUT2D eigenvalue weighted by Gasteiger charge is 2.26. The molecule has 2 atom stereocenters. The van der Waals surface area contributed by atoms with Crippen LogP contribution in [-0.2, 0) is 0 Å². The Morgan fingerprint density at radius 1 is 1.55 bits per heavy atom. The summed E-state index contributed by atoms with van der Waals surface area (Å²) in [6.45, 7) is 3.41. The molecule has 0 aliphatic carbocycles. The maximum Gasteiger partial charge on any atom is 0.254 e. The summed E-state index contributed by atoms with van der Waals surface area (Å²) in [5, 5.41) is 9.76. The van der Waals surface area contributed by atoms with E-state index < -0.39 is 0 Å². The Kier molecular flexibility index (Phi) is 4.49. The Hall–Kier alpha value is -1.75. The van der Waals surface area contributed by atoms with Gasteiger partial charge in [-0.05, 0) is 43.9 Å². The summed E-state index contributed by atoms with van der Waals surface area (Å²) in [6, 6.07) is 4.83. The lowest BCUT2D eigenvalue weighted by Gasteiger charge is -2.34. The van der Waals surface area contributed by atoms with Gasteiger partial charge in [0.15, 0.2) is 11.5 Å². The van der Waals surface area contributed by atoms with Crippen molar-refractivity contribution >= 4 is 5.91 Å². The molecule has 1 aliphatic rings. The molecule has 2 unspecified atom stereocenters. The van der Waals surface area contributed by atoms with Crippen LogP contribution in [-0.4, -0.2) is 42.2 Å². The molecule has 1 heterocycles. The number of carbonyl (C=O) groups is 1. The largest absolute Gasteiger partial charge is 0.504 e. The summed E-state index contributed by atoms with van der Waals surface area (Å²) >= 11 is 0. The molecule has 5 heteroatoms. The molecule has 1 saturated heterocycles. The Bertz CT molecular complexity index is 488. The van der Waals surface area contributed by atoms with Gasteiger partial charge in [0.05, 0.1) is 7.11 Å². The Labute approximate surface area is 119 Å². The van der Waals surface area contributed by atoms with Gasteiger partial charge in [-0.2, -0.15) is 0 Å². The maximum atomic E-state index is 12.5. The van der Waals surface area contributed by atoms with Gasteiger partial charge in [-0.15, -0.1) is 0 Å². The highest BCUT2D eigenvalue weighted by atomic mass is 16.5. The van der Waals surface area contributed by atoms with E-state index in [4.69, 9.17) is 10.5 Å². The number of likely N-dealkylation sites (tertiary alicyclic amines) is 1. The standard InChI is InChI=1S/C15H22N2O3/c1-10(16)12-4-3-7-17(9-12)15(19)11-5-6-14(20-2)13(18)8-11/h5-6,8,10,12,18H,3-4,7,9,16H2,1-2H3. The normalized spacial score (nSPS) is 20.6. The molecule has 1 fully saturated rings. The molecule has 5 nitrogen and oxygen atoms in total. The lowest BCUT2D eigenvalue weighted by atomic mass is 9.92. The highest BCUT2D eigenvalue weighted by molar-refractivity contribution is 5.95. The third kappa shape index (κ3) is 3.04. The number of nitrogens with two attached hydrogens (primary N) is 1. The van der Waals surface area contributed by atoms with Gasteiger partial charge in [0, 0.05) is 24.7 Å². The minimum atomic E-state index is -0.0618. The molecule has 0 radical (unpaired) electrons. The minimum absolute atomic E-state index is 0.0147. The number of nitrogens with zero attached hydrogens (tertiary/aromatic N) is 1. The first-order valence-electron chi connectivity index (χ1n) is 6.94. The average molecular weight is 278 g/mol. The van der Waals surface area contributed by atoms with Gasteiger partial charge < -0.3 is 20.5 Å². The fraction of sp³-hybridized carbons (Fsp3) is 0.533. The van der Waals surface area contributed by atoms with Crippen molar-refractivity contribution in [3.63, 3.8) is 0 Å². The van der Waals surface area contributed by atoms with Crippen molar-refractivity contribution in [3.05, 3.63) is 23.8 Å². The molecule has 20 heavy (non-hydrogen) atoms. The second-order valence-corrected chi connectivity index (χ2v) is 5.40. The van der Waals surface area contributed by atoms with E-state index in [0.717, 1.165) is 19.4 Å². The maximum absolute atomic E-state index is 12.5. The van der Waals surface area contributed by atoms with Crippen molar-refractivity contribution in [1.82, 2.24) is 4.90 Å². The number of hydrogen-bond acceptors (Lipinski definition) is 4. The van der Waals surface area contributed by atoms with Crippen LogP contribution < -0.4 is 10.5 Å². The van der Waals surface area contributed by atoms with Gasteiger partial charge >= 0.3 is 0 Å². The first-order chi connectivity index (χ1) is 9.52. The number of phenols is 1. The van der Waals surface area contributed by atoms with Gasteiger partial charge in [0.2, 0.25) is 0 Å². The van der Waals surface area contributed by atoms with Gasteiger partial charge in [0.1, 0.15) is 0 Å². The molecular formula is C15H22N2O3. The van der Waals surface area contributed by atoms with E-state index in [2.05, 4.69) is 0 Å². The summed E-state index contributed by atoms with van der Waals surface area (Å²) in [7, 11) is 1.48. The second-order valence-electron chi connectivity index (χ2n) is 5.40. The number of phenolic OH excluding ortho intramolecular Hbond substituents is 1. The fourth-order valence-corrected chi connectivity index (χ4v) is 2.63. The van der Waals surface area contributed by atoms with Crippen LogP contribution in [0.5, 0.6) is 11.5 Å². The van der Waals surface area contributed by atoms with E-state index in [1.165, 1.54) is 13.2 Å². The predicted octanol–water partition coefficient (Wildman–Crippen LogP) is 1.60. The Balaban J connectivity index is 2.12. The van der Waals surface area contributed by atoms with Crippen molar-refractivity contribution in [2.75, 3.05) is 20.2 Å². The number of rotatable bonds is 3. The lowest BCUT2D eigenvalue weighted by Crippen LogP contribution is -2.45. The van der Waals surface area contributed by atoms with E-state index in [1.807, 2.05) is 11.8 Å². The molecule has 0 saturated carbocycles. The van der Waals surface area contributed by atoms with E-state index in [0.29, 0.717) is 23.8 Å². The fourth-order valence-electron chi connectivity index (χ4n) is 2.63. The smallest absolute Gasteiger partial charge is 0.254 e. The summed E-state index contributed by atoms with van der Waals surface area (Å²) in [4.78, 5) is 14.3. The number of ether oxygens (including phenoxy) is 1.